The fourth-order valence-electron chi connectivity index (χ4n) is 3.95. The van der Waals surface area contributed by atoms with Crippen LogP contribution in [0.15, 0.2) is 35.5 Å². The highest BCUT2D eigenvalue weighted by Crippen LogP contribution is 2.55. The molecule has 2 aromatic rings. The van der Waals surface area contributed by atoms with Crippen molar-refractivity contribution < 1.29 is 46.2 Å². The summed E-state index contributed by atoms with van der Waals surface area (Å²) in [5, 5.41) is 9.39. The highest BCUT2D eigenvalue weighted by molar-refractivity contribution is 5.91. The second kappa shape index (κ2) is 8.70. The number of carbonyl (C=O) groups is 2. The average Bonchev–Trinajstić information content (AvgIpc) is 3.03. The summed E-state index contributed by atoms with van der Waals surface area (Å²) >= 11 is 0. The molecular formula is C21H20F5N3O5. The minimum Gasteiger partial charge on any atom is -0.493 e. The second-order valence-electron chi connectivity index (χ2n) is 7.87. The van der Waals surface area contributed by atoms with E-state index in [1.54, 1.807) is 0 Å². The van der Waals surface area contributed by atoms with Crippen LogP contribution in [-0.2, 0) is 9.53 Å². The van der Waals surface area contributed by atoms with Gasteiger partial charge in [-0.1, -0.05) is 13.0 Å². The molecule has 0 radical (unpaired) electrons. The van der Waals surface area contributed by atoms with Gasteiger partial charge in [0.05, 0.1) is 12.5 Å². The zero-order chi connectivity index (χ0) is 25.6. The molecule has 0 spiro atoms. The molecule has 1 aromatic heterocycles. The normalized spacial score (nSPS) is 25.4. The summed E-state index contributed by atoms with van der Waals surface area (Å²) in [6.45, 7) is 1.90. The SMILES string of the molecule is COc1c([C@H]2[C@@H](C(=O)N=c3ccn(O)c(C(N)=O)c3)O[C@@](C)(C(F)(F)F)[C@H]2C)ccc(F)c1F. The van der Waals surface area contributed by atoms with Crippen LogP contribution in [0.4, 0.5) is 22.0 Å². The highest BCUT2D eigenvalue weighted by Gasteiger charge is 2.65. The molecule has 1 aliphatic rings. The largest absolute Gasteiger partial charge is 0.493 e. The molecule has 13 heteroatoms. The van der Waals surface area contributed by atoms with Crippen LogP contribution >= 0.6 is 0 Å². The van der Waals surface area contributed by atoms with E-state index in [1.165, 1.54) is 0 Å². The van der Waals surface area contributed by atoms with Crippen molar-refractivity contribution in [3.63, 3.8) is 0 Å². The van der Waals surface area contributed by atoms with E-state index in [0.717, 1.165) is 45.4 Å². The predicted molar refractivity (Wildman–Crippen MR) is 105 cm³/mol. The first-order valence-corrected chi connectivity index (χ1v) is 9.79. The molecule has 4 atom stereocenters. The van der Waals surface area contributed by atoms with Crippen LogP contribution in [0.2, 0.25) is 0 Å². The first kappa shape index (κ1) is 25.1. The number of rotatable bonds is 4. The number of methoxy groups -OCH3 is 1. The van der Waals surface area contributed by atoms with Gasteiger partial charge in [0.1, 0.15) is 11.8 Å². The van der Waals surface area contributed by atoms with Crippen LogP contribution in [0, 0.1) is 17.6 Å². The van der Waals surface area contributed by atoms with Crippen molar-refractivity contribution in [1.82, 2.24) is 4.73 Å². The zero-order valence-electron chi connectivity index (χ0n) is 18.1. The van der Waals surface area contributed by atoms with Crippen molar-refractivity contribution in [3.8, 4) is 5.75 Å². The van der Waals surface area contributed by atoms with Crippen LogP contribution < -0.4 is 15.8 Å². The number of benzene rings is 1. The summed E-state index contributed by atoms with van der Waals surface area (Å²) in [6, 6.07) is 3.76. The Labute approximate surface area is 189 Å². The zero-order valence-corrected chi connectivity index (χ0v) is 18.1. The van der Waals surface area contributed by atoms with E-state index in [9.17, 15) is 36.7 Å². The molecule has 8 nitrogen and oxygen atoms in total. The van der Waals surface area contributed by atoms with Gasteiger partial charge in [-0.3, -0.25) is 9.59 Å². The number of ether oxygens (including phenoxy) is 2. The molecule has 3 rings (SSSR count). The standard InChI is InChI=1S/C21H20F5N3O5/c1-9-14(11-4-5-12(22)15(23)16(11)33-3)17(34-20(9,2)21(24,25)26)19(31)28-10-6-7-29(32)13(8-10)18(27)30/h4-9,14,17,32H,1-3H3,(H2,27,30)/t9-,14-,17-,20+/m0/s1. The summed E-state index contributed by atoms with van der Waals surface area (Å²) in [4.78, 5) is 28.1. The molecule has 2 amide bonds. The number of halogens is 5. The van der Waals surface area contributed by atoms with Crippen molar-refractivity contribution in [2.75, 3.05) is 7.11 Å². The lowest BCUT2D eigenvalue weighted by Crippen LogP contribution is -2.47. The van der Waals surface area contributed by atoms with E-state index in [0.29, 0.717) is 10.8 Å². The van der Waals surface area contributed by atoms with Crippen molar-refractivity contribution >= 4 is 11.8 Å². The Kier molecular flexibility index (Phi) is 6.44. The Balaban J connectivity index is 2.18. The molecule has 2 heterocycles. The van der Waals surface area contributed by atoms with Gasteiger partial charge in [-0.15, -0.1) is 0 Å². The Bertz CT molecular complexity index is 1210. The van der Waals surface area contributed by atoms with Gasteiger partial charge in [-0.2, -0.15) is 22.3 Å². The van der Waals surface area contributed by atoms with Crippen LogP contribution in [-0.4, -0.2) is 46.7 Å². The number of primary amides is 1. The number of amides is 2. The summed E-state index contributed by atoms with van der Waals surface area (Å²) in [5.74, 6) is -8.53. The quantitative estimate of drug-likeness (QED) is 0.506. The molecule has 0 bridgehead atoms. The number of alkyl halides is 3. The third-order valence-electron chi connectivity index (χ3n) is 5.97. The molecular weight excluding hydrogens is 469 g/mol. The maximum atomic E-state index is 14.4. The van der Waals surface area contributed by atoms with Gasteiger partial charge in [0, 0.05) is 23.6 Å². The fourth-order valence-corrected chi connectivity index (χ4v) is 3.95. The summed E-state index contributed by atoms with van der Waals surface area (Å²) in [7, 11) is 1.01. The van der Waals surface area contributed by atoms with Gasteiger partial charge < -0.3 is 20.4 Å². The second-order valence-corrected chi connectivity index (χ2v) is 7.87. The maximum Gasteiger partial charge on any atom is 0.417 e. The number of aromatic nitrogens is 1. The van der Waals surface area contributed by atoms with Crippen molar-refractivity contribution in [2.45, 2.75) is 37.6 Å². The number of nitrogens with zero attached hydrogens (tertiary/aromatic N) is 2. The van der Waals surface area contributed by atoms with Gasteiger partial charge in [0.15, 0.2) is 17.2 Å². The number of nitrogens with two attached hydrogens (primary N) is 1. The molecule has 0 saturated carbocycles. The van der Waals surface area contributed by atoms with Gasteiger partial charge in [0.25, 0.3) is 11.8 Å². The molecule has 1 aliphatic heterocycles. The van der Waals surface area contributed by atoms with E-state index in [-0.39, 0.29) is 10.9 Å². The number of hydrogen-bond acceptors (Lipinski definition) is 5. The average molecular weight is 489 g/mol. The maximum absolute atomic E-state index is 14.4. The van der Waals surface area contributed by atoms with Crippen LogP contribution in [0.1, 0.15) is 35.8 Å². The Hall–Kier alpha value is -3.48. The van der Waals surface area contributed by atoms with Crippen LogP contribution in [0.5, 0.6) is 5.75 Å². The third kappa shape index (κ3) is 4.11. The molecule has 1 saturated heterocycles. The van der Waals surface area contributed by atoms with Crippen molar-refractivity contribution in [3.05, 3.63) is 58.7 Å². The van der Waals surface area contributed by atoms with Gasteiger partial charge >= 0.3 is 6.18 Å². The number of hydrogen-bond donors (Lipinski definition) is 2. The van der Waals surface area contributed by atoms with Gasteiger partial charge in [-0.25, -0.2) is 9.38 Å². The van der Waals surface area contributed by atoms with Gasteiger partial charge in [0.2, 0.25) is 5.82 Å². The minimum absolute atomic E-state index is 0.211. The monoisotopic (exact) mass is 489 g/mol. The van der Waals surface area contributed by atoms with E-state index >= 15 is 0 Å². The first-order valence-electron chi connectivity index (χ1n) is 9.79. The lowest BCUT2D eigenvalue weighted by atomic mass is 9.77. The molecule has 0 aliphatic carbocycles. The lowest BCUT2D eigenvalue weighted by Gasteiger charge is -2.32. The van der Waals surface area contributed by atoms with E-state index in [2.05, 4.69) is 4.99 Å². The predicted octanol–water partition coefficient (Wildman–Crippen LogP) is 2.68. The Morgan fingerprint density at radius 1 is 1.26 bits per heavy atom. The van der Waals surface area contributed by atoms with Crippen LogP contribution in [0.3, 0.4) is 0 Å². The highest BCUT2D eigenvalue weighted by atomic mass is 19.4. The van der Waals surface area contributed by atoms with Gasteiger partial charge in [-0.05, 0) is 25.1 Å². The molecule has 184 valence electrons. The lowest BCUT2D eigenvalue weighted by molar-refractivity contribution is -0.272. The smallest absolute Gasteiger partial charge is 0.417 e. The first-order chi connectivity index (χ1) is 15.7. The summed E-state index contributed by atoms with van der Waals surface area (Å²) in [6.07, 6.45) is -5.86. The third-order valence-corrected chi connectivity index (χ3v) is 5.97. The topological polar surface area (TPSA) is 116 Å². The number of carbonyl (C=O) groups excluding carboxylic acids is 2. The number of pyridine rings is 1. The van der Waals surface area contributed by atoms with E-state index in [1.807, 2.05) is 0 Å². The molecule has 1 fully saturated rings. The van der Waals surface area contributed by atoms with E-state index < -0.39 is 64.6 Å². The fraction of sp³-hybridized carbons (Fsp3) is 0.381. The van der Waals surface area contributed by atoms with Crippen LogP contribution in [0.25, 0.3) is 0 Å². The summed E-state index contributed by atoms with van der Waals surface area (Å²) in [5.41, 5.74) is 1.61. The van der Waals surface area contributed by atoms with Crippen molar-refractivity contribution in [1.29, 1.82) is 0 Å². The summed E-state index contributed by atoms with van der Waals surface area (Å²) < 4.78 is 80.4. The molecule has 34 heavy (non-hydrogen) atoms. The molecule has 1 aromatic carbocycles. The van der Waals surface area contributed by atoms with Crippen molar-refractivity contribution in [2.24, 2.45) is 16.6 Å². The molecule has 3 N–H and O–H groups in total. The Morgan fingerprint density at radius 3 is 2.47 bits per heavy atom. The Morgan fingerprint density at radius 2 is 1.91 bits per heavy atom. The minimum atomic E-state index is -4.93. The molecule has 0 unspecified atom stereocenters. The van der Waals surface area contributed by atoms with E-state index in [4.69, 9.17) is 15.2 Å².